The van der Waals surface area contributed by atoms with Crippen LogP contribution in [0.3, 0.4) is 0 Å². The molecule has 4 heteroatoms. The fourth-order valence-corrected chi connectivity index (χ4v) is 3.72. The van der Waals surface area contributed by atoms with Crippen molar-refractivity contribution in [2.45, 2.75) is 32.7 Å². The van der Waals surface area contributed by atoms with Gasteiger partial charge in [-0.15, -0.1) is 0 Å². The summed E-state index contributed by atoms with van der Waals surface area (Å²) < 4.78 is 7.44. The average molecular weight is 240 g/mol. The molecule has 2 heterocycles. The van der Waals surface area contributed by atoms with Crippen LogP contribution in [0.2, 0.25) is 0 Å². The van der Waals surface area contributed by atoms with E-state index in [9.17, 15) is 0 Å². The van der Waals surface area contributed by atoms with Gasteiger partial charge in [-0.05, 0) is 24.8 Å². The summed E-state index contributed by atoms with van der Waals surface area (Å²) in [6, 6.07) is 0. The first-order valence-electron chi connectivity index (χ1n) is 5.74. The minimum absolute atomic E-state index is 0.126. The molecular formula is C12H20N2OS. The van der Waals surface area contributed by atoms with Crippen molar-refractivity contribution in [3.63, 3.8) is 0 Å². The van der Waals surface area contributed by atoms with E-state index in [1.54, 1.807) is 12.7 Å². The Kier molecular flexibility index (Phi) is 3.31. The third-order valence-electron chi connectivity index (χ3n) is 3.07. The lowest BCUT2D eigenvalue weighted by Crippen LogP contribution is -2.42. The lowest BCUT2D eigenvalue weighted by atomic mass is 9.89. The average Bonchev–Trinajstić information content (AvgIpc) is 2.16. The molecule has 0 aromatic heterocycles. The van der Waals surface area contributed by atoms with Crippen molar-refractivity contribution in [2.75, 3.05) is 18.8 Å². The summed E-state index contributed by atoms with van der Waals surface area (Å²) in [5, 5.41) is 0. The van der Waals surface area contributed by atoms with Crippen LogP contribution in [0.1, 0.15) is 27.2 Å². The maximum Gasteiger partial charge on any atom is 0.176 e. The molecule has 0 saturated carbocycles. The Hall–Kier alpha value is -0.480. The van der Waals surface area contributed by atoms with Gasteiger partial charge in [0.05, 0.1) is 11.8 Å². The van der Waals surface area contributed by atoms with Crippen molar-refractivity contribution in [1.29, 1.82) is 0 Å². The van der Waals surface area contributed by atoms with Crippen LogP contribution in [0.5, 0.6) is 0 Å². The van der Waals surface area contributed by atoms with E-state index in [4.69, 9.17) is 4.74 Å². The Balaban J connectivity index is 1.96. The highest BCUT2D eigenvalue weighted by Gasteiger charge is 2.32. The van der Waals surface area contributed by atoms with Crippen LogP contribution in [0.4, 0.5) is 0 Å². The third-order valence-corrected chi connectivity index (χ3v) is 4.08. The minimum Gasteiger partial charge on any atom is -0.454 e. The number of hydrogen-bond acceptors (Lipinski definition) is 4. The van der Waals surface area contributed by atoms with Crippen LogP contribution in [0.25, 0.3) is 0 Å². The fraction of sp³-hybridized carbons (Fsp3) is 0.750. The quantitative estimate of drug-likeness (QED) is 0.694. The van der Waals surface area contributed by atoms with E-state index < -0.39 is 0 Å². The lowest BCUT2D eigenvalue weighted by Gasteiger charge is -2.40. The molecular weight excluding hydrogens is 220 g/mol. The van der Waals surface area contributed by atoms with Gasteiger partial charge in [0.25, 0.3) is 0 Å². The summed E-state index contributed by atoms with van der Waals surface area (Å²) in [5.41, 5.74) is 0.304. The standard InChI is InChI=1S/C12H20N2OS/c1-11(2)5-7-16-14(8-11)9-12(3)4-6-15-10-13-12/h4,6,10H,5,7-9H2,1-3H3. The molecule has 0 aromatic carbocycles. The first kappa shape index (κ1) is 12.0. The third kappa shape index (κ3) is 3.01. The van der Waals surface area contributed by atoms with Gasteiger partial charge in [0.15, 0.2) is 6.40 Å². The lowest BCUT2D eigenvalue weighted by molar-refractivity contribution is 0.233. The summed E-state index contributed by atoms with van der Waals surface area (Å²) in [7, 11) is 0. The largest absolute Gasteiger partial charge is 0.454 e. The predicted octanol–water partition coefficient (Wildman–Crippen LogP) is 2.70. The molecule has 1 saturated heterocycles. The molecule has 0 spiro atoms. The molecule has 2 aliphatic rings. The highest BCUT2D eigenvalue weighted by atomic mass is 32.2. The molecule has 1 atom stereocenters. The Bertz CT molecular complexity index is 300. The summed E-state index contributed by atoms with van der Waals surface area (Å²) in [5.74, 6) is 1.22. The van der Waals surface area contributed by atoms with Crippen molar-refractivity contribution >= 4 is 18.3 Å². The van der Waals surface area contributed by atoms with E-state index in [-0.39, 0.29) is 5.54 Å². The SMILES string of the molecule is CC1(C)CCSN(CC2(C)C=COC=N2)C1. The second-order valence-corrected chi connectivity index (χ2v) is 6.76. The number of aliphatic imine (C=N–C) groups is 1. The van der Waals surface area contributed by atoms with Crippen molar-refractivity contribution < 1.29 is 4.74 Å². The molecule has 16 heavy (non-hydrogen) atoms. The zero-order chi connectivity index (χ0) is 11.6. The highest BCUT2D eigenvalue weighted by Crippen LogP contribution is 2.34. The molecule has 0 N–H and O–H groups in total. The molecule has 2 aliphatic heterocycles. The van der Waals surface area contributed by atoms with E-state index in [0.29, 0.717) is 5.41 Å². The topological polar surface area (TPSA) is 24.8 Å². The second-order valence-electron chi connectivity index (χ2n) is 5.58. The normalized spacial score (nSPS) is 33.7. The predicted molar refractivity (Wildman–Crippen MR) is 69.6 cm³/mol. The maximum absolute atomic E-state index is 5.00. The van der Waals surface area contributed by atoms with Gasteiger partial charge in [0.2, 0.25) is 0 Å². The Morgan fingerprint density at radius 1 is 1.44 bits per heavy atom. The molecule has 1 unspecified atom stereocenters. The van der Waals surface area contributed by atoms with E-state index in [1.807, 2.05) is 18.0 Å². The van der Waals surface area contributed by atoms with Crippen LogP contribution in [0, 0.1) is 5.41 Å². The van der Waals surface area contributed by atoms with Gasteiger partial charge in [0.1, 0.15) is 0 Å². The Morgan fingerprint density at radius 2 is 2.25 bits per heavy atom. The monoisotopic (exact) mass is 240 g/mol. The number of hydrogen-bond donors (Lipinski definition) is 0. The summed E-state index contributed by atoms with van der Waals surface area (Å²) >= 11 is 1.94. The Labute approximate surface area is 102 Å². The first-order valence-corrected chi connectivity index (χ1v) is 6.68. The van der Waals surface area contributed by atoms with Gasteiger partial charge >= 0.3 is 0 Å². The molecule has 0 bridgehead atoms. The molecule has 0 aromatic rings. The first-order chi connectivity index (χ1) is 7.49. The van der Waals surface area contributed by atoms with Gasteiger partial charge in [-0.25, -0.2) is 9.30 Å². The van der Waals surface area contributed by atoms with Gasteiger partial charge in [0, 0.05) is 18.8 Å². The summed E-state index contributed by atoms with van der Waals surface area (Å²) in [4.78, 5) is 4.41. The molecule has 1 fully saturated rings. The number of rotatable bonds is 2. The van der Waals surface area contributed by atoms with E-state index >= 15 is 0 Å². The van der Waals surface area contributed by atoms with Crippen molar-refractivity contribution in [1.82, 2.24) is 4.31 Å². The van der Waals surface area contributed by atoms with Crippen molar-refractivity contribution in [3.05, 3.63) is 12.3 Å². The van der Waals surface area contributed by atoms with E-state index in [2.05, 4.69) is 30.1 Å². The Morgan fingerprint density at radius 3 is 2.88 bits per heavy atom. The molecule has 0 amide bonds. The molecule has 3 nitrogen and oxygen atoms in total. The van der Waals surface area contributed by atoms with Gasteiger partial charge < -0.3 is 4.74 Å². The van der Waals surface area contributed by atoms with Crippen LogP contribution in [-0.4, -0.2) is 35.1 Å². The van der Waals surface area contributed by atoms with Crippen LogP contribution < -0.4 is 0 Å². The van der Waals surface area contributed by atoms with Gasteiger partial charge in [-0.2, -0.15) is 0 Å². The summed E-state index contributed by atoms with van der Waals surface area (Å²) in [6.45, 7) is 8.91. The zero-order valence-corrected chi connectivity index (χ0v) is 11.1. The van der Waals surface area contributed by atoms with E-state index in [1.165, 1.54) is 12.2 Å². The van der Waals surface area contributed by atoms with Crippen LogP contribution in [0.15, 0.2) is 17.3 Å². The van der Waals surface area contributed by atoms with Gasteiger partial charge in [-0.1, -0.05) is 25.8 Å². The summed E-state index contributed by atoms with van der Waals surface area (Å²) in [6.07, 6.45) is 6.61. The fourth-order valence-electron chi connectivity index (χ4n) is 2.02. The van der Waals surface area contributed by atoms with Crippen molar-refractivity contribution in [3.8, 4) is 0 Å². The number of ether oxygens (including phenoxy) is 1. The molecule has 90 valence electrons. The van der Waals surface area contributed by atoms with Crippen LogP contribution in [-0.2, 0) is 4.74 Å². The van der Waals surface area contributed by atoms with Crippen LogP contribution >= 0.6 is 11.9 Å². The van der Waals surface area contributed by atoms with Gasteiger partial charge in [-0.3, -0.25) is 0 Å². The molecule has 2 rings (SSSR count). The smallest absolute Gasteiger partial charge is 0.176 e. The second kappa shape index (κ2) is 4.41. The molecule has 0 radical (unpaired) electrons. The zero-order valence-electron chi connectivity index (χ0n) is 10.3. The number of nitrogens with zero attached hydrogens (tertiary/aromatic N) is 2. The minimum atomic E-state index is -0.126. The molecule has 0 aliphatic carbocycles. The van der Waals surface area contributed by atoms with E-state index in [0.717, 1.165) is 13.1 Å². The van der Waals surface area contributed by atoms with Crippen molar-refractivity contribution in [2.24, 2.45) is 10.4 Å². The highest BCUT2D eigenvalue weighted by molar-refractivity contribution is 7.97. The maximum atomic E-state index is 5.00.